The number of likely N-dealkylation sites (tertiary alicyclic amines) is 1. The summed E-state index contributed by atoms with van der Waals surface area (Å²) in [5, 5.41) is 0. The summed E-state index contributed by atoms with van der Waals surface area (Å²) in [6, 6.07) is 0.730. The first-order chi connectivity index (χ1) is 9.65. The molecule has 2 heterocycles. The number of hydrogen-bond donors (Lipinski definition) is 1. The van der Waals surface area contributed by atoms with Crippen LogP contribution < -0.4 is 5.73 Å². The smallest absolute Gasteiger partial charge is 0.0357 e. The van der Waals surface area contributed by atoms with Gasteiger partial charge in [0.05, 0.1) is 0 Å². The van der Waals surface area contributed by atoms with Gasteiger partial charge in [0.15, 0.2) is 0 Å². The van der Waals surface area contributed by atoms with Crippen molar-refractivity contribution in [2.45, 2.75) is 51.6 Å². The van der Waals surface area contributed by atoms with Gasteiger partial charge in [-0.1, -0.05) is 13.8 Å². The van der Waals surface area contributed by atoms with E-state index in [1.807, 2.05) is 0 Å². The van der Waals surface area contributed by atoms with Crippen molar-refractivity contribution in [2.75, 3.05) is 52.4 Å². The van der Waals surface area contributed by atoms with Crippen LogP contribution in [0.3, 0.4) is 0 Å². The fourth-order valence-electron chi connectivity index (χ4n) is 3.83. The standard InChI is InChI=1S/C16H34N4/c1-4-15(3)19-10-12-20(13-11-19)16(14-17)6-8-18(5-2)9-7-16/h15H,4-14,17H2,1-3H3. The van der Waals surface area contributed by atoms with Crippen LogP contribution in [0.1, 0.15) is 40.0 Å². The molecule has 0 aromatic rings. The zero-order valence-electron chi connectivity index (χ0n) is 13.8. The summed E-state index contributed by atoms with van der Waals surface area (Å²) < 4.78 is 0. The molecule has 0 saturated carbocycles. The zero-order valence-corrected chi connectivity index (χ0v) is 13.8. The second kappa shape index (κ2) is 7.21. The van der Waals surface area contributed by atoms with Crippen LogP contribution in [0.2, 0.25) is 0 Å². The Morgan fingerprint density at radius 3 is 2.05 bits per heavy atom. The van der Waals surface area contributed by atoms with Gasteiger partial charge in [-0.15, -0.1) is 0 Å². The summed E-state index contributed by atoms with van der Waals surface area (Å²) in [6.07, 6.45) is 3.76. The summed E-state index contributed by atoms with van der Waals surface area (Å²) >= 11 is 0. The minimum atomic E-state index is 0.285. The summed E-state index contributed by atoms with van der Waals surface area (Å²) in [7, 11) is 0. The summed E-state index contributed by atoms with van der Waals surface area (Å²) in [5.41, 5.74) is 6.49. The first kappa shape index (κ1) is 16.2. The Balaban J connectivity index is 1.90. The lowest BCUT2D eigenvalue weighted by Crippen LogP contribution is -2.64. The van der Waals surface area contributed by atoms with Gasteiger partial charge in [0.1, 0.15) is 0 Å². The molecule has 0 amide bonds. The molecule has 0 aromatic heterocycles. The van der Waals surface area contributed by atoms with E-state index in [0.717, 1.165) is 12.6 Å². The molecule has 0 aliphatic carbocycles. The molecule has 1 atom stereocenters. The maximum absolute atomic E-state index is 6.20. The lowest BCUT2D eigenvalue weighted by molar-refractivity contribution is -0.0124. The van der Waals surface area contributed by atoms with Crippen LogP contribution in [0.5, 0.6) is 0 Å². The van der Waals surface area contributed by atoms with Gasteiger partial charge in [-0.05, 0) is 45.8 Å². The Labute approximate surface area is 125 Å². The minimum absolute atomic E-state index is 0.285. The highest BCUT2D eigenvalue weighted by Gasteiger charge is 2.39. The van der Waals surface area contributed by atoms with Crippen molar-refractivity contribution in [3.63, 3.8) is 0 Å². The Kier molecular flexibility index (Phi) is 5.84. The molecule has 2 N–H and O–H groups in total. The number of piperidine rings is 1. The number of nitrogens with two attached hydrogens (primary N) is 1. The molecule has 2 rings (SSSR count). The van der Waals surface area contributed by atoms with Crippen molar-refractivity contribution in [3.05, 3.63) is 0 Å². The average molecular weight is 282 g/mol. The van der Waals surface area contributed by atoms with Crippen LogP contribution in [-0.2, 0) is 0 Å². The summed E-state index contributed by atoms with van der Waals surface area (Å²) in [6.45, 7) is 16.2. The molecule has 0 spiro atoms. The largest absolute Gasteiger partial charge is 0.329 e. The molecular weight excluding hydrogens is 248 g/mol. The molecule has 0 radical (unpaired) electrons. The monoisotopic (exact) mass is 282 g/mol. The van der Waals surface area contributed by atoms with Crippen LogP contribution in [0.15, 0.2) is 0 Å². The molecule has 0 aromatic carbocycles. The Morgan fingerprint density at radius 1 is 1.00 bits per heavy atom. The lowest BCUT2D eigenvalue weighted by atomic mass is 9.85. The van der Waals surface area contributed by atoms with E-state index in [0.29, 0.717) is 0 Å². The highest BCUT2D eigenvalue weighted by molar-refractivity contribution is 4.98. The third-order valence-corrected chi connectivity index (χ3v) is 5.81. The van der Waals surface area contributed by atoms with Gasteiger partial charge in [0.2, 0.25) is 0 Å². The number of piperazine rings is 1. The van der Waals surface area contributed by atoms with E-state index < -0.39 is 0 Å². The predicted octanol–water partition coefficient (Wildman–Crippen LogP) is 1.22. The van der Waals surface area contributed by atoms with Gasteiger partial charge in [-0.3, -0.25) is 9.80 Å². The molecular formula is C16H34N4. The molecule has 2 aliphatic heterocycles. The molecule has 4 nitrogen and oxygen atoms in total. The third-order valence-electron chi connectivity index (χ3n) is 5.81. The van der Waals surface area contributed by atoms with Crippen LogP contribution >= 0.6 is 0 Å². The second-order valence-electron chi connectivity index (χ2n) is 6.64. The van der Waals surface area contributed by atoms with Crippen molar-refractivity contribution in [2.24, 2.45) is 5.73 Å². The van der Waals surface area contributed by atoms with Crippen molar-refractivity contribution < 1.29 is 0 Å². The van der Waals surface area contributed by atoms with Gasteiger partial charge in [-0.2, -0.15) is 0 Å². The average Bonchev–Trinajstić information content (AvgIpc) is 2.54. The van der Waals surface area contributed by atoms with Crippen LogP contribution in [-0.4, -0.2) is 78.6 Å². The molecule has 2 fully saturated rings. The van der Waals surface area contributed by atoms with E-state index in [2.05, 4.69) is 35.5 Å². The maximum atomic E-state index is 6.20. The topological polar surface area (TPSA) is 35.7 Å². The van der Waals surface area contributed by atoms with E-state index in [4.69, 9.17) is 5.73 Å². The minimum Gasteiger partial charge on any atom is -0.329 e. The van der Waals surface area contributed by atoms with Crippen LogP contribution in [0.4, 0.5) is 0 Å². The first-order valence-corrected chi connectivity index (χ1v) is 8.56. The zero-order chi connectivity index (χ0) is 14.6. The molecule has 20 heavy (non-hydrogen) atoms. The van der Waals surface area contributed by atoms with Gasteiger partial charge in [-0.25, -0.2) is 0 Å². The maximum Gasteiger partial charge on any atom is 0.0357 e. The Bertz CT molecular complexity index is 278. The second-order valence-corrected chi connectivity index (χ2v) is 6.64. The van der Waals surface area contributed by atoms with E-state index in [-0.39, 0.29) is 5.54 Å². The Hall–Kier alpha value is -0.160. The molecule has 2 aliphatic rings. The van der Waals surface area contributed by atoms with Crippen molar-refractivity contribution in [1.82, 2.24) is 14.7 Å². The third kappa shape index (κ3) is 3.35. The number of hydrogen-bond acceptors (Lipinski definition) is 4. The van der Waals surface area contributed by atoms with E-state index >= 15 is 0 Å². The van der Waals surface area contributed by atoms with Crippen molar-refractivity contribution in [3.8, 4) is 0 Å². The molecule has 4 heteroatoms. The highest BCUT2D eigenvalue weighted by Crippen LogP contribution is 2.29. The van der Waals surface area contributed by atoms with Gasteiger partial charge in [0.25, 0.3) is 0 Å². The fraction of sp³-hybridized carbons (Fsp3) is 1.00. The van der Waals surface area contributed by atoms with E-state index in [9.17, 15) is 0 Å². The van der Waals surface area contributed by atoms with E-state index in [1.54, 1.807) is 0 Å². The quantitative estimate of drug-likeness (QED) is 0.822. The summed E-state index contributed by atoms with van der Waals surface area (Å²) in [4.78, 5) is 7.91. The summed E-state index contributed by atoms with van der Waals surface area (Å²) in [5.74, 6) is 0. The van der Waals surface area contributed by atoms with Crippen LogP contribution in [0.25, 0.3) is 0 Å². The highest BCUT2D eigenvalue weighted by atomic mass is 15.3. The van der Waals surface area contributed by atoms with Crippen LogP contribution in [0, 0.1) is 0 Å². The van der Waals surface area contributed by atoms with Crippen molar-refractivity contribution in [1.29, 1.82) is 0 Å². The van der Waals surface area contributed by atoms with Crippen molar-refractivity contribution >= 4 is 0 Å². The van der Waals surface area contributed by atoms with Gasteiger partial charge in [0, 0.05) is 44.3 Å². The van der Waals surface area contributed by atoms with Gasteiger partial charge < -0.3 is 10.6 Å². The number of nitrogens with zero attached hydrogens (tertiary/aromatic N) is 3. The normalized spacial score (nSPS) is 27.6. The van der Waals surface area contributed by atoms with Gasteiger partial charge >= 0.3 is 0 Å². The Morgan fingerprint density at radius 2 is 1.60 bits per heavy atom. The molecule has 2 saturated heterocycles. The molecule has 0 bridgehead atoms. The molecule has 1 unspecified atom stereocenters. The first-order valence-electron chi connectivity index (χ1n) is 8.56. The number of rotatable bonds is 5. The SMILES string of the molecule is CCC(C)N1CCN(C2(CN)CCN(CC)CC2)CC1. The lowest BCUT2D eigenvalue weighted by Gasteiger charge is -2.51. The molecule has 118 valence electrons. The fourth-order valence-corrected chi connectivity index (χ4v) is 3.83. The predicted molar refractivity (Wildman–Crippen MR) is 86.0 cm³/mol. The van der Waals surface area contributed by atoms with E-state index in [1.165, 1.54) is 65.1 Å².